The average Bonchev–Trinajstić information content (AvgIpc) is 2.14. The third-order valence-corrected chi connectivity index (χ3v) is 2.51. The van der Waals surface area contributed by atoms with E-state index in [0.29, 0.717) is 0 Å². The highest BCUT2D eigenvalue weighted by Gasteiger charge is 2.12. The van der Waals surface area contributed by atoms with E-state index >= 15 is 0 Å². The van der Waals surface area contributed by atoms with Crippen LogP contribution in [-0.4, -0.2) is 26.9 Å². The standard InChI is InChI=1S/C10H20O2/c1-11-7-8-12-9-10-5-3-2-4-6-10/h10H,2-9H2,1H3. The van der Waals surface area contributed by atoms with Crippen LogP contribution in [0.25, 0.3) is 0 Å². The molecule has 0 radical (unpaired) electrons. The summed E-state index contributed by atoms with van der Waals surface area (Å²) in [4.78, 5) is 0. The quantitative estimate of drug-likeness (QED) is 0.592. The van der Waals surface area contributed by atoms with Crippen LogP contribution < -0.4 is 0 Å². The van der Waals surface area contributed by atoms with Crippen molar-refractivity contribution in [2.75, 3.05) is 26.9 Å². The van der Waals surface area contributed by atoms with Crippen LogP contribution in [0.2, 0.25) is 0 Å². The summed E-state index contributed by atoms with van der Waals surface area (Å²) in [6, 6.07) is 0. The third-order valence-electron chi connectivity index (χ3n) is 2.51. The molecule has 1 aliphatic carbocycles. The van der Waals surface area contributed by atoms with Crippen molar-refractivity contribution in [3.05, 3.63) is 0 Å². The molecule has 1 aliphatic rings. The van der Waals surface area contributed by atoms with Crippen molar-refractivity contribution in [3.63, 3.8) is 0 Å². The topological polar surface area (TPSA) is 18.5 Å². The first-order valence-electron chi connectivity index (χ1n) is 5.00. The third kappa shape index (κ3) is 4.07. The molecule has 0 bridgehead atoms. The lowest BCUT2D eigenvalue weighted by atomic mass is 9.90. The molecular weight excluding hydrogens is 152 g/mol. The summed E-state index contributed by atoms with van der Waals surface area (Å²) >= 11 is 0. The molecule has 1 rings (SSSR count). The molecule has 0 atom stereocenters. The maximum absolute atomic E-state index is 5.49. The van der Waals surface area contributed by atoms with Crippen LogP contribution in [0.4, 0.5) is 0 Å². The van der Waals surface area contributed by atoms with E-state index in [2.05, 4.69) is 0 Å². The maximum atomic E-state index is 5.49. The van der Waals surface area contributed by atoms with Crippen LogP contribution in [-0.2, 0) is 9.47 Å². The van der Waals surface area contributed by atoms with Gasteiger partial charge in [0.1, 0.15) is 0 Å². The van der Waals surface area contributed by atoms with Crippen LogP contribution in [0.15, 0.2) is 0 Å². The zero-order chi connectivity index (χ0) is 8.65. The number of ether oxygens (including phenoxy) is 2. The SMILES string of the molecule is COCCOCC1CCCCC1. The predicted molar refractivity (Wildman–Crippen MR) is 49.3 cm³/mol. The van der Waals surface area contributed by atoms with Crippen LogP contribution in [0.5, 0.6) is 0 Å². The highest BCUT2D eigenvalue weighted by molar-refractivity contribution is 4.64. The zero-order valence-electron chi connectivity index (χ0n) is 8.05. The maximum Gasteiger partial charge on any atom is 0.0700 e. The van der Waals surface area contributed by atoms with Gasteiger partial charge in [0.15, 0.2) is 0 Å². The summed E-state index contributed by atoms with van der Waals surface area (Å²) in [6.45, 7) is 2.43. The van der Waals surface area contributed by atoms with Crippen molar-refractivity contribution in [1.82, 2.24) is 0 Å². The Morgan fingerprint density at radius 1 is 1.08 bits per heavy atom. The molecule has 0 amide bonds. The number of methoxy groups -OCH3 is 1. The number of hydrogen-bond acceptors (Lipinski definition) is 2. The Kier molecular flexibility index (Phi) is 5.37. The second-order valence-electron chi connectivity index (χ2n) is 3.57. The van der Waals surface area contributed by atoms with E-state index in [1.807, 2.05) is 0 Å². The molecule has 0 unspecified atom stereocenters. The Hall–Kier alpha value is -0.0800. The van der Waals surface area contributed by atoms with Gasteiger partial charge in [0.2, 0.25) is 0 Å². The minimum Gasteiger partial charge on any atom is -0.382 e. The van der Waals surface area contributed by atoms with Crippen molar-refractivity contribution in [3.8, 4) is 0 Å². The largest absolute Gasteiger partial charge is 0.382 e. The molecule has 0 aromatic heterocycles. The van der Waals surface area contributed by atoms with Crippen LogP contribution in [0.3, 0.4) is 0 Å². The van der Waals surface area contributed by atoms with Crippen molar-refractivity contribution in [2.24, 2.45) is 5.92 Å². The highest BCUT2D eigenvalue weighted by Crippen LogP contribution is 2.23. The Balaban J connectivity index is 1.91. The van der Waals surface area contributed by atoms with Gasteiger partial charge in [-0.2, -0.15) is 0 Å². The summed E-state index contributed by atoms with van der Waals surface area (Å²) in [7, 11) is 1.71. The first kappa shape index (κ1) is 10.0. The van der Waals surface area contributed by atoms with Gasteiger partial charge < -0.3 is 9.47 Å². The lowest BCUT2D eigenvalue weighted by molar-refractivity contribution is 0.0438. The van der Waals surface area contributed by atoms with Gasteiger partial charge in [-0.05, 0) is 18.8 Å². The molecule has 0 aliphatic heterocycles. The second-order valence-corrected chi connectivity index (χ2v) is 3.57. The average molecular weight is 172 g/mol. The molecule has 0 saturated heterocycles. The van der Waals surface area contributed by atoms with E-state index in [1.165, 1.54) is 32.1 Å². The Bertz CT molecular complexity index is 98.0. The normalized spacial score (nSPS) is 19.8. The monoisotopic (exact) mass is 172 g/mol. The molecule has 0 aromatic rings. The lowest BCUT2D eigenvalue weighted by Gasteiger charge is -2.21. The summed E-state index contributed by atoms with van der Waals surface area (Å²) in [5.41, 5.74) is 0. The second kappa shape index (κ2) is 6.44. The van der Waals surface area contributed by atoms with Crippen LogP contribution in [0, 0.1) is 5.92 Å². The molecule has 0 spiro atoms. The van der Waals surface area contributed by atoms with Gasteiger partial charge in [0.25, 0.3) is 0 Å². The fourth-order valence-electron chi connectivity index (χ4n) is 1.75. The molecule has 2 heteroatoms. The first-order valence-corrected chi connectivity index (χ1v) is 5.00. The fourth-order valence-corrected chi connectivity index (χ4v) is 1.75. The minimum atomic E-state index is 0.729. The van der Waals surface area contributed by atoms with E-state index in [-0.39, 0.29) is 0 Å². The van der Waals surface area contributed by atoms with E-state index in [4.69, 9.17) is 9.47 Å². The van der Waals surface area contributed by atoms with Gasteiger partial charge in [-0.15, -0.1) is 0 Å². The molecule has 0 heterocycles. The van der Waals surface area contributed by atoms with Crippen LogP contribution in [0.1, 0.15) is 32.1 Å². The summed E-state index contributed by atoms with van der Waals surface area (Å²) in [6.07, 6.45) is 6.96. The Morgan fingerprint density at radius 2 is 1.83 bits per heavy atom. The van der Waals surface area contributed by atoms with Crippen molar-refractivity contribution < 1.29 is 9.47 Å². The highest BCUT2D eigenvalue weighted by atomic mass is 16.5. The smallest absolute Gasteiger partial charge is 0.0700 e. The minimum absolute atomic E-state index is 0.729. The zero-order valence-corrected chi connectivity index (χ0v) is 8.05. The molecule has 0 aromatic carbocycles. The van der Waals surface area contributed by atoms with Gasteiger partial charge in [0.05, 0.1) is 13.2 Å². The lowest BCUT2D eigenvalue weighted by Crippen LogP contribution is -2.15. The van der Waals surface area contributed by atoms with Crippen molar-refractivity contribution in [1.29, 1.82) is 0 Å². The van der Waals surface area contributed by atoms with Gasteiger partial charge in [-0.25, -0.2) is 0 Å². The predicted octanol–water partition coefficient (Wildman–Crippen LogP) is 2.23. The number of rotatable bonds is 5. The summed E-state index contributed by atoms with van der Waals surface area (Å²) in [5.74, 6) is 0.829. The van der Waals surface area contributed by atoms with Crippen molar-refractivity contribution >= 4 is 0 Å². The van der Waals surface area contributed by atoms with Crippen LogP contribution >= 0.6 is 0 Å². The molecule has 72 valence electrons. The molecule has 1 fully saturated rings. The summed E-state index contributed by atoms with van der Waals surface area (Å²) in [5, 5.41) is 0. The van der Waals surface area contributed by atoms with E-state index in [0.717, 1.165) is 25.7 Å². The van der Waals surface area contributed by atoms with E-state index in [1.54, 1.807) is 7.11 Å². The molecule has 1 saturated carbocycles. The van der Waals surface area contributed by atoms with E-state index in [9.17, 15) is 0 Å². The molecule has 12 heavy (non-hydrogen) atoms. The fraction of sp³-hybridized carbons (Fsp3) is 1.00. The van der Waals surface area contributed by atoms with Crippen molar-refractivity contribution in [2.45, 2.75) is 32.1 Å². The Labute approximate surface area is 75.2 Å². The van der Waals surface area contributed by atoms with Gasteiger partial charge in [0, 0.05) is 13.7 Å². The van der Waals surface area contributed by atoms with E-state index < -0.39 is 0 Å². The van der Waals surface area contributed by atoms with Gasteiger partial charge >= 0.3 is 0 Å². The Morgan fingerprint density at radius 3 is 2.50 bits per heavy atom. The van der Waals surface area contributed by atoms with Gasteiger partial charge in [-0.1, -0.05) is 19.3 Å². The number of hydrogen-bond donors (Lipinski definition) is 0. The molecule has 0 N–H and O–H groups in total. The molecular formula is C10H20O2. The first-order chi connectivity index (χ1) is 5.93. The summed E-state index contributed by atoms with van der Waals surface area (Å²) < 4.78 is 10.4. The van der Waals surface area contributed by atoms with Gasteiger partial charge in [-0.3, -0.25) is 0 Å². The molecule has 2 nitrogen and oxygen atoms in total.